The summed E-state index contributed by atoms with van der Waals surface area (Å²) >= 11 is 1.12. The molecule has 1 nitrogen and oxygen atoms in total. The predicted octanol–water partition coefficient (Wildman–Crippen LogP) is 14.4. The average Bonchev–Trinajstić information content (AvgIpc) is 4.20. The van der Waals surface area contributed by atoms with Crippen molar-refractivity contribution in [2.24, 2.45) is 0 Å². The highest BCUT2D eigenvalue weighted by atomic mass is 32.1. The summed E-state index contributed by atoms with van der Waals surface area (Å²) in [7, 11) is 0. The molecule has 0 spiro atoms. The molecule has 10 aromatic rings. The van der Waals surface area contributed by atoms with Crippen LogP contribution in [0.15, 0.2) is 175 Å². The first-order valence-corrected chi connectivity index (χ1v) is 15.9. The molecule has 0 aliphatic rings. The Labute approximate surface area is 333 Å². The lowest BCUT2D eigenvalue weighted by Gasteiger charge is -2.26. The van der Waals surface area contributed by atoms with Crippen molar-refractivity contribution in [3.8, 4) is 22.3 Å². The van der Waals surface area contributed by atoms with Crippen LogP contribution >= 0.6 is 22.7 Å². The van der Waals surface area contributed by atoms with Crippen molar-refractivity contribution in [2.45, 2.75) is 0 Å². The Balaban J connectivity index is 1.44. The topological polar surface area (TPSA) is 3.24 Å². The van der Waals surface area contributed by atoms with Crippen molar-refractivity contribution in [1.29, 1.82) is 0 Å². The maximum absolute atomic E-state index is 9.86. The first-order valence-electron chi connectivity index (χ1n) is 28.7. The number of nitrogens with zero attached hydrogens (tertiary/aromatic N) is 1. The summed E-state index contributed by atoms with van der Waals surface area (Å²) < 4.78 is 260. The van der Waals surface area contributed by atoms with Gasteiger partial charge >= 0.3 is 0 Å². The molecule has 2 heterocycles. The maximum atomic E-state index is 9.86. The lowest BCUT2D eigenvalue weighted by atomic mass is 9.91. The van der Waals surface area contributed by atoms with Gasteiger partial charge in [-0.05, 0) is 87.4 Å². The summed E-state index contributed by atoms with van der Waals surface area (Å²) in [5.74, 6) is 0. The van der Waals surface area contributed by atoms with Crippen LogP contribution < -0.4 is 4.90 Å². The quantitative estimate of drug-likeness (QED) is 0.174. The second-order valence-corrected chi connectivity index (χ2v) is 12.3. The molecule has 230 valence electrons. The molecule has 0 unspecified atom stereocenters. The van der Waals surface area contributed by atoms with Crippen LogP contribution in [0, 0.1) is 0 Å². The SMILES string of the molecule is [2H]c1c([2H])c([2H])c(-c2c(-c3c([2H])c([2H])c(N(c4c([2H])c([2H])c5c(sc6c([2H])c([2H])c([2H])c([2H])c65)c4[2H])c4c([2H])c([2H])c([2H])c5c4sc4c([2H])c([2H])c([2H])c([2H])c45)c([2H])c3[2H])c([2H])c3c([2H])c([2H])c([2H])c([2H])c3c2[2H])c([2H])c1[2H]. The summed E-state index contributed by atoms with van der Waals surface area (Å²) in [4.78, 5) is 0.630. The Hall–Kier alpha value is -5.74. The zero-order valence-electron chi connectivity index (χ0n) is 53.3. The van der Waals surface area contributed by atoms with Gasteiger partial charge in [0.15, 0.2) is 0 Å². The second kappa shape index (κ2) is 11.5. The fraction of sp³-hybridized carbons (Fsp3) is 0. The van der Waals surface area contributed by atoms with Crippen molar-refractivity contribution in [3.63, 3.8) is 0 Å². The van der Waals surface area contributed by atoms with Gasteiger partial charge in [0.1, 0.15) is 0 Å². The van der Waals surface area contributed by atoms with E-state index in [1.165, 1.54) is 0 Å². The summed E-state index contributed by atoms with van der Waals surface area (Å²) in [6, 6.07) is -26.0. The van der Waals surface area contributed by atoms with Crippen LogP contribution in [0.4, 0.5) is 17.1 Å². The van der Waals surface area contributed by atoms with Crippen molar-refractivity contribution in [3.05, 3.63) is 175 Å². The number of benzene rings is 8. The van der Waals surface area contributed by atoms with Crippen LogP contribution in [0.1, 0.15) is 39.8 Å². The normalized spacial score (nSPS) is 20.0. The van der Waals surface area contributed by atoms with E-state index in [4.69, 9.17) is 26.0 Å². The second-order valence-electron chi connectivity index (χ2n) is 10.3. The van der Waals surface area contributed by atoms with E-state index in [1.807, 2.05) is 0 Å². The highest BCUT2D eigenvalue weighted by Gasteiger charge is 2.20. The molecule has 0 aliphatic heterocycles. The fourth-order valence-electron chi connectivity index (χ4n) is 5.38. The van der Waals surface area contributed by atoms with Crippen molar-refractivity contribution >= 4 is 90.9 Å². The first kappa shape index (κ1) is 11.7. The highest BCUT2D eigenvalue weighted by molar-refractivity contribution is 7.26. The average molecular weight is 689 g/mol. The van der Waals surface area contributed by atoms with Crippen LogP contribution in [-0.2, 0) is 0 Å². The van der Waals surface area contributed by atoms with Crippen LogP contribution in [-0.4, -0.2) is 0 Å². The van der Waals surface area contributed by atoms with E-state index in [2.05, 4.69) is 0 Å². The Morgan fingerprint density at radius 1 is 0.388 bits per heavy atom. The number of anilines is 3. The minimum absolute atomic E-state index is 0.159. The van der Waals surface area contributed by atoms with Crippen LogP contribution in [0.5, 0.6) is 0 Å². The van der Waals surface area contributed by atoms with Crippen LogP contribution in [0.2, 0.25) is 0 Å². The molecule has 0 N–H and O–H groups in total. The Bertz CT molecular complexity index is 4450. The molecular formula is C46H29NS2. The van der Waals surface area contributed by atoms with Crippen molar-refractivity contribution in [2.75, 3.05) is 4.90 Å². The first-order chi connectivity index (χ1) is 36.4. The minimum Gasteiger partial charge on any atom is -0.309 e. The van der Waals surface area contributed by atoms with Crippen LogP contribution in [0.3, 0.4) is 0 Å². The van der Waals surface area contributed by atoms with E-state index in [1.54, 1.807) is 0 Å². The number of hydrogen-bond donors (Lipinski definition) is 0. The zero-order chi connectivity index (χ0) is 57.5. The molecule has 0 saturated heterocycles. The Morgan fingerprint density at radius 2 is 0.939 bits per heavy atom. The maximum Gasteiger partial charge on any atom is 0.0660 e. The molecule has 10 rings (SSSR count). The van der Waals surface area contributed by atoms with Gasteiger partial charge in [0, 0.05) is 47.0 Å². The molecule has 0 saturated carbocycles. The third-order valence-electron chi connectivity index (χ3n) is 7.51. The van der Waals surface area contributed by atoms with E-state index < -0.39 is 231 Å². The third-order valence-corrected chi connectivity index (χ3v) is 9.64. The molecule has 0 radical (unpaired) electrons. The predicted molar refractivity (Wildman–Crippen MR) is 215 cm³/mol. The van der Waals surface area contributed by atoms with Gasteiger partial charge in [-0.1, -0.05) is 121 Å². The monoisotopic (exact) mass is 688 g/mol. The fourth-order valence-corrected chi connectivity index (χ4v) is 7.40. The molecule has 0 aliphatic carbocycles. The van der Waals surface area contributed by atoms with E-state index in [0.29, 0.717) is 27.6 Å². The van der Waals surface area contributed by atoms with Gasteiger partial charge in [-0.25, -0.2) is 0 Å². The lowest BCUT2D eigenvalue weighted by Crippen LogP contribution is -2.10. The standard InChI is InChI=1S/C46H29NS2/c1-2-11-30(12-3-1)40-27-32-13-4-5-14-33(32)28-41(40)31-21-23-34(24-22-31)47(35-25-26-38-36-15-6-8-19-43(36)48-45(38)29-35)42-18-10-17-39-37-16-7-9-20-44(37)49-46(39)42/h1-29H/i1D,2D,3D,4D,5D,6D,7D,8D,9D,10D,11D,12D,13D,14D,15D,16D,17D,18D,19D,20D,21D,22D,23D,24D,25D,26D,27D,28D,29D. The van der Waals surface area contributed by atoms with E-state index in [9.17, 15) is 13.7 Å². The molecule has 2 aromatic heterocycles. The minimum atomic E-state index is -1.21. The van der Waals surface area contributed by atoms with Crippen molar-refractivity contribution in [1.82, 2.24) is 0 Å². The van der Waals surface area contributed by atoms with Gasteiger partial charge in [0.2, 0.25) is 0 Å². The molecule has 0 amide bonds. The summed E-state index contributed by atoms with van der Waals surface area (Å²) in [5.41, 5.74) is -6.12. The number of hydrogen-bond acceptors (Lipinski definition) is 3. The smallest absolute Gasteiger partial charge is 0.0660 e. The molecule has 0 bridgehead atoms. The van der Waals surface area contributed by atoms with E-state index in [-0.39, 0.29) is 35.0 Å². The van der Waals surface area contributed by atoms with Gasteiger partial charge in [0.25, 0.3) is 0 Å². The molecule has 3 heteroatoms. The lowest BCUT2D eigenvalue weighted by molar-refractivity contribution is 1.31. The molecular weight excluding hydrogens is 631 g/mol. The number of rotatable bonds is 5. The summed E-state index contributed by atoms with van der Waals surface area (Å²) in [6.45, 7) is 0. The Morgan fingerprint density at radius 3 is 1.67 bits per heavy atom. The van der Waals surface area contributed by atoms with Gasteiger partial charge < -0.3 is 4.90 Å². The van der Waals surface area contributed by atoms with Gasteiger partial charge in [-0.2, -0.15) is 0 Å². The van der Waals surface area contributed by atoms with E-state index >= 15 is 0 Å². The van der Waals surface area contributed by atoms with E-state index in [0.717, 1.165) is 0 Å². The van der Waals surface area contributed by atoms with Gasteiger partial charge in [-0.15, -0.1) is 22.7 Å². The largest absolute Gasteiger partial charge is 0.309 e. The molecule has 0 atom stereocenters. The molecule has 49 heavy (non-hydrogen) atoms. The molecule has 0 fully saturated rings. The Kier molecular flexibility index (Phi) is 2.73. The van der Waals surface area contributed by atoms with Gasteiger partial charge in [-0.3, -0.25) is 0 Å². The van der Waals surface area contributed by atoms with Gasteiger partial charge in [0.05, 0.1) is 50.1 Å². The summed E-state index contributed by atoms with van der Waals surface area (Å²) in [5, 5.41) is -2.67. The zero-order valence-corrected chi connectivity index (χ0v) is 25.9. The third kappa shape index (κ3) is 4.74. The molecule has 8 aromatic carbocycles. The van der Waals surface area contributed by atoms with Crippen molar-refractivity contribution < 1.29 is 39.8 Å². The summed E-state index contributed by atoms with van der Waals surface area (Å²) in [6.07, 6.45) is 0. The highest BCUT2D eigenvalue weighted by Crippen LogP contribution is 2.47. The number of fused-ring (bicyclic) bond motifs is 7. The van der Waals surface area contributed by atoms with Crippen LogP contribution in [0.25, 0.3) is 73.4 Å². The number of thiophene rings is 2.